The van der Waals surface area contributed by atoms with Gasteiger partial charge in [0.2, 0.25) is 0 Å². The summed E-state index contributed by atoms with van der Waals surface area (Å²) < 4.78 is 0. The van der Waals surface area contributed by atoms with Crippen molar-refractivity contribution in [3.05, 3.63) is 70.3 Å². The molecule has 1 aromatic carbocycles. The maximum Gasteiger partial charge on any atom is 0.183 e. The lowest BCUT2D eigenvalue weighted by molar-refractivity contribution is -0.128. The second-order valence-corrected chi connectivity index (χ2v) is 8.25. The van der Waals surface area contributed by atoms with Crippen LogP contribution in [0.4, 0.5) is 0 Å². The summed E-state index contributed by atoms with van der Waals surface area (Å²) in [6.07, 6.45) is 8.24. The van der Waals surface area contributed by atoms with Crippen LogP contribution < -0.4 is 0 Å². The molecule has 0 N–H and O–H groups in total. The van der Waals surface area contributed by atoms with Gasteiger partial charge in [-0.25, -0.2) is 0 Å². The molecule has 0 unspecified atom stereocenters. The lowest BCUT2D eigenvalue weighted by Gasteiger charge is -2.47. The first-order valence-corrected chi connectivity index (χ1v) is 9.62. The van der Waals surface area contributed by atoms with E-state index in [-0.39, 0.29) is 23.3 Å². The van der Waals surface area contributed by atoms with Crippen LogP contribution >= 0.6 is 0 Å². The van der Waals surface area contributed by atoms with E-state index in [0.717, 1.165) is 24.8 Å². The summed E-state index contributed by atoms with van der Waals surface area (Å²) in [5.41, 5.74) is 3.67. The Labute approximate surface area is 159 Å². The standard InChI is InChI=1S/C24H24O3/c1-14-12-22(26)20-11-10-18-8-9-19(13-21(18)24(20,3)23(14)27)17-6-4-16(5-7-17)15(2)25/h4-7,10-12,19,21H,8-9,13H2,1-3H3/t19-,21-,24+/m0/s1. The predicted octanol–water partition coefficient (Wildman–Crippen LogP) is 4.74. The molecular formula is C24H24O3. The second-order valence-electron chi connectivity index (χ2n) is 8.25. The van der Waals surface area contributed by atoms with Gasteiger partial charge in [0.25, 0.3) is 0 Å². The number of hydrogen-bond acceptors (Lipinski definition) is 3. The molecule has 3 atom stereocenters. The second kappa shape index (κ2) is 6.26. The van der Waals surface area contributed by atoms with Crippen molar-refractivity contribution in [1.82, 2.24) is 0 Å². The zero-order chi connectivity index (χ0) is 19.3. The van der Waals surface area contributed by atoms with E-state index >= 15 is 0 Å². The number of Topliss-reactive ketones (excluding diaryl/α,β-unsaturated/α-hetero) is 2. The molecule has 0 radical (unpaired) electrons. The minimum absolute atomic E-state index is 0.0298. The van der Waals surface area contributed by atoms with Crippen molar-refractivity contribution in [2.24, 2.45) is 11.3 Å². The summed E-state index contributed by atoms with van der Waals surface area (Å²) in [7, 11) is 0. The summed E-state index contributed by atoms with van der Waals surface area (Å²) in [6, 6.07) is 7.85. The van der Waals surface area contributed by atoms with E-state index in [2.05, 4.69) is 6.08 Å². The van der Waals surface area contributed by atoms with Crippen LogP contribution in [0.5, 0.6) is 0 Å². The first-order chi connectivity index (χ1) is 12.8. The van der Waals surface area contributed by atoms with Crippen molar-refractivity contribution in [3.8, 4) is 0 Å². The van der Waals surface area contributed by atoms with Crippen molar-refractivity contribution >= 4 is 17.3 Å². The predicted molar refractivity (Wildman–Crippen MR) is 105 cm³/mol. The summed E-state index contributed by atoms with van der Waals surface area (Å²) in [6.45, 7) is 5.28. The Bertz CT molecular complexity index is 942. The third-order valence-electron chi connectivity index (χ3n) is 6.70. The molecule has 3 nitrogen and oxygen atoms in total. The average molecular weight is 360 g/mol. The van der Waals surface area contributed by atoms with Gasteiger partial charge in [-0.05, 0) is 69.1 Å². The van der Waals surface area contributed by atoms with Crippen LogP contribution in [-0.4, -0.2) is 17.3 Å². The van der Waals surface area contributed by atoms with Crippen LogP contribution in [-0.2, 0) is 9.59 Å². The Morgan fingerprint density at radius 1 is 1.11 bits per heavy atom. The zero-order valence-electron chi connectivity index (χ0n) is 16.0. The number of allylic oxidation sites excluding steroid dienone is 6. The van der Waals surface area contributed by atoms with Crippen LogP contribution in [0.25, 0.3) is 0 Å². The summed E-state index contributed by atoms with van der Waals surface area (Å²) >= 11 is 0. The summed E-state index contributed by atoms with van der Waals surface area (Å²) in [5.74, 6) is 0.509. The Kier molecular flexibility index (Phi) is 4.14. The number of carbonyl (C=O) groups is 3. The number of rotatable bonds is 2. The van der Waals surface area contributed by atoms with Gasteiger partial charge in [-0.2, -0.15) is 0 Å². The van der Waals surface area contributed by atoms with Gasteiger partial charge >= 0.3 is 0 Å². The van der Waals surface area contributed by atoms with Crippen LogP contribution in [0.3, 0.4) is 0 Å². The van der Waals surface area contributed by atoms with Crippen molar-refractivity contribution in [2.45, 2.75) is 46.0 Å². The first-order valence-electron chi connectivity index (χ1n) is 9.62. The highest BCUT2D eigenvalue weighted by atomic mass is 16.1. The molecule has 0 bridgehead atoms. The van der Waals surface area contributed by atoms with Crippen LogP contribution in [0.15, 0.2) is 59.2 Å². The molecule has 138 valence electrons. The highest BCUT2D eigenvalue weighted by molar-refractivity contribution is 6.20. The minimum Gasteiger partial charge on any atom is -0.295 e. The van der Waals surface area contributed by atoms with Gasteiger partial charge in [-0.15, -0.1) is 0 Å². The lowest BCUT2D eigenvalue weighted by Crippen LogP contribution is -2.46. The number of carbonyl (C=O) groups excluding carboxylic acids is 3. The normalized spacial score (nSPS) is 30.0. The van der Waals surface area contributed by atoms with Crippen molar-refractivity contribution in [3.63, 3.8) is 0 Å². The molecule has 0 spiro atoms. The Hall–Kier alpha value is -2.55. The molecule has 1 aromatic rings. The van der Waals surface area contributed by atoms with Gasteiger partial charge in [0, 0.05) is 11.1 Å². The molecule has 3 aliphatic rings. The van der Waals surface area contributed by atoms with Crippen LogP contribution in [0.1, 0.15) is 61.9 Å². The molecule has 0 saturated heterocycles. The molecule has 1 fully saturated rings. The van der Waals surface area contributed by atoms with E-state index in [1.807, 2.05) is 37.3 Å². The Morgan fingerprint density at radius 3 is 2.48 bits per heavy atom. The highest BCUT2D eigenvalue weighted by Gasteiger charge is 2.52. The van der Waals surface area contributed by atoms with E-state index in [9.17, 15) is 14.4 Å². The maximum atomic E-state index is 13.1. The van der Waals surface area contributed by atoms with E-state index in [0.29, 0.717) is 17.1 Å². The zero-order valence-corrected chi connectivity index (χ0v) is 16.0. The first kappa shape index (κ1) is 17.8. The van der Waals surface area contributed by atoms with E-state index in [1.165, 1.54) is 17.2 Å². The van der Waals surface area contributed by atoms with Crippen molar-refractivity contribution in [1.29, 1.82) is 0 Å². The fraction of sp³-hybridized carbons (Fsp3) is 0.375. The molecule has 1 saturated carbocycles. The number of hydrogen-bond donors (Lipinski definition) is 0. The fourth-order valence-electron chi connectivity index (χ4n) is 5.09. The van der Waals surface area contributed by atoms with Crippen molar-refractivity contribution < 1.29 is 14.4 Å². The monoisotopic (exact) mass is 360 g/mol. The van der Waals surface area contributed by atoms with E-state index < -0.39 is 5.41 Å². The molecule has 0 heterocycles. The third-order valence-corrected chi connectivity index (χ3v) is 6.70. The van der Waals surface area contributed by atoms with Crippen molar-refractivity contribution in [2.75, 3.05) is 0 Å². The molecule has 0 amide bonds. The van der Waals surface area contributed by atoms with Gasteiger partial charge in [-0.1, -0.05) is 42.0 Å². The summed E-state index contributed by atoms with van der Waals surface area (Å²) in [4.78, 5) is 37.2. The SMILES string of the molecule is CC(=O)c1ccc([C@H]2CCC3=CC=C4C(=O)C=C(C)C(=O)[C@@]4(C)[C@H]3C2)cc1. The number of benzene rings is 1. The molecular weight excluding hydrogens is 336 g/mol. The Balaban J connectivity index is 1.68. The molecule has 4 rings (SSSR count). The topological polar surface area (TPSA) is 51.2 Å². The van der Waals surface area contributed by atoms with E-state index in [4.69, 9.17) is 0 Å². The van der Waals surface area contributed by atoms with Gasteiger partial charge in [0.1, 0.15) is 0 Å². The van der Waals surface area contributed by atoms with Crippen LogP contribution in [0.2, 0.25) is 0 Å². The maximum absolute atomic E-state index is 13.1. The molecule has 3 aliphatic carbocycles. The summed E-state index contributed by atoms with van der Waals surface area (Å²) in [5, 5.41) is 0. The molecule has 3 heteroatoms. The number of fused-ring (bicyclic) bond motifs is 3. The quantitative estimate of drug-likeness (QED) is 0.716. The van der Waals surface area contributed by atoms with Crippen LogP contribution in [0, 0.1) is 11.3 Å². The van der Waals surface area contributed by atoms with Gasteiger partial charge < -0.3 is 0 Å². The third kappa shape index (κ3) is 2.68. The highest BCUT2D eigenvalue weighted by Crippen LogP contribution is 2.54. The Morgan fingerprint density at radius 2 is 1.81 bits per heavy atom. The van der Waals surface area contributed by atoms with Gasteiger partial charge in [0.05, 0.1) is 5.41 Å². The smallest absolute Gasteiger partial charge is 0.183 e. The fourth-order valence-corrected chi connectivity index (χ4v) is 5.09. The van der Waals surface area contributed by atoms with Gasteiger partial charge in [0.15, 0.2) is 17.3 Å². The minimum atomic E-state index is -0.752. The van der Waals surface area contributed by atoms with Gasteiger partial charge in [-0.3, -0.25) is 14.4 Å². The lowest BCUT2D eigenvalue weighted by atomic mass is 9.54. The van der Waals surface area contributed by atoms with E-state index in [1.54, 1.807) is 13.8 Å². The molecule has 27 heavy (non-hydrogen) atoms. The largest absolute Gasteiger partial charge is 0.295 e. The number of ketones is 3. The average Bonchev–Trinajstić information content (AvgIpc) is 2.66. The molecule has 0 aliphatic heterocycles. The molecule has 0 aromatic heterocycles.